The standard InChI is InChI=1S/C14H21F3N2/c1-3-9-19(10-14(15,16)17)13-8-6-5-7-11(13)12(18)4-2/h5-8,12H,3-4,9-10,18H2,1-2H3/t12-/m1/s1. The van der Waals surface area contributed by atoms with Crippen LogP contribution in [0.4, 0.5) is 18.9 Å². The summed E-state index contributed by atoms with van der Waals surface area (Å²) < 4.78 is 38.0. The van der Waals surface area contributed by atoms with Crippen LogP contribution in [-0.2, 0) is 0 Å². The van der Waals surface area contributed by atoms with Crippen LogP contribution in [-0.4, -0.2) is 19.3 Å². The van der Waals surface area contributed by atoms with Gasteiger partial charge in [-0.05, 0) is 24.5 Å². The van der Waals surface area contributed by atoms with Crippen molar-refractivity contribution >= 4 is 5.69 Å². The smallest absolute Gasteiger partial charge is 0.362 e. The third-order valence-electron chi connectivity index (χ3n) is 2.98. The summed E-state index contributed by atoms with van der Waals surface area (Å²) in [5.41, 5.74) is 7.36. The Kier molecular flexibility index (Phi) is 5.66. The lowest BCUT2D eigenvalue weighted by Crippen LogP contribution is -2.36. The van der Waals surface area contributed by atoms with E-state index in [9.17, 15) is 13.2 Å². The quantitative estimate of drug-likeness (QED) is 0.853. The first-order chi connectivity index (χ1) is 8.89. The van der Waals surface area contributed by atoms with Gasteiger partial charge in [0.05, 0.1) is 0 Å². The summed E-state index contributed by atoms with van der Waals surface area (Å²) in [5, 5.41) is 0. The highest BCUT2D eigenvalue weighted by atomic mass is 19.4. The zero-order valence-corrected chi connectivity index (χ0v) is 11.4. The molecule has 0 radical (unpaired) electrons. The number of halogens is 3. The lowest BCUT2D eigenvalue weighted by atomic mass is 10.0. The molecule has 0 saturated carbocycles. The van der Waals surface area contributed by atoms with E-state index >= 15 is 0 Å². The number of para-hydroxylation sites is 1. The van der Waals surface area contributed by atoms with Crippen LogP contribution >= 0.6 is 0 Å². The van der Waals surface area contributed by atoms with Crippen LogP contribution in [0.3, 0.4) is 0 Å². The van der Waals surface area contributed by atoms with Crippen molar-refractivity contribution in [2.45, 2.75) is 38.9 Å². The Morgan fingerprint density at radius 3 is 2.37 bits per heavy atom. The van der Waals surface area contributed by atoms with Gasteiger partial charge in [0.2, 0.25) is 0 Å². The first-order valence-corrected chi connectivity index (χ1v) is 6.55. The maximum Gasteiger partial charge on any atom is 0.405 e. The van der Waals surface area contributed by atoms with Crippen molar-refractivity contribution in [2.24, 2.45) is 5.73 Å². The molecule has 0 fully saturated rings. The maximum absolute atomic E-state index is 12.7. The van der Waals surface area contributed by atoms with Gasteiger partial charge >= 0.3 is 6.18 Å². The van der Waals surface area contributed by atoms with E-state index in [0.717, 1.165) is 5.56 Å². The monoisotopic (exact) mass is 274 g/mol. The molecule has 19 heavy (non-hydrogen) atoms. The van der Waals surface area contributed by atoms with Crippen LogP contribution < -0.4 is 10.6 Å². The van der Waals surface area contributed by atoms with Gasteiger partial charge in [0, 0.05) is 18.3 Å². The highest BCUT2D eigenvalue weighted by molar-refractivity contribution is 5.55. The minimum Gasteiger partial charge on any atom is -0.362 e. The van der Waals surface area contributed by atoms with Gasteiger partial charge < -0.3 is 10.6 Å². The lowest BCUT2D eigenvalue weighted by molar-refractivity contribution is -0.119. The molecule has 2 N–H and O–H groups in total. The zero-order chi connectivity index (χ0) is 14.5. The van der Waals surface area contributed by atoms with E-state index in [4.69, 9.17) is 5.73 Å². The number of hydrogen-bond acceptors (Lipinski definition) is 2. The zero-order valence-electron chi connectivity index (χ0n) is 11.4. The fraction of sp³-hybridized carbons (Fsp3) is 0.571. The second-order valence-electron chi connectivity index (χ2n) is 4.61. The molecule has 1 aromatic rings. The Hall–Kier alpha value is -1.23. The van der Waals surface area contributed by atoms with E-state index < -0.39 is 12.7 Å². The van der Waals surface area contributed by atoms with E-state index in [1.165, 1.54) is 4.90 Å². The molecule has 1 atom stereocenters. The summed E-state index contributed by atoms with van der Waals surface area (Å²) in [7, 11) is 0. The van der Waals surface area contributed by atoms with Gasteiger partial charge in [-0.2, -0.15) is 13.2 Å². The van der Waals surface area contributed by atoms with Gasteiger partial charge in [0.1, 0.15) is 6.54 Å². The maximum atomic E-state index is 12.7. The van der Waals surface area contributed by atoms with E-state index in [1.54, 1.807) is 12.1 Å². The average molecular weight is 274 g/mol. The summed E-state index contributed by atoms with van der Waals surface area (Å²) in [6, 6.07) is 6.85. The van der Waals surface area contributed by atoms with E-state index in [1.807, 2.05) is 26.0 Å². The minimum atomic E-state index is -4.21. The van der Waals surface area contributed by atoms with E-state index in [-0.39, 0.29) is 6.04 Å². The van der Waals surface area contributed by atoms with Crippen LogP contribution in [0, 0.1) is 0 Å². The third-order valence-corrected chi connectivity index (χ3v) is 2.98. The molecule has 0 amide bonds. The molecule has 0 spiro atoms. The summed E-state index contributed by atoms with van der Waals surface area (Å²) in [4.78, 5) is 1.37. The molecule has 0 unspecified atom stereocenters. The fourth-order valence-electron chi connectivity index (χ4n) is 2.08. The highest BCUT2D eigenvalue weighted by Gasteiger charge is 2.31. The Morgan fingerprint density at radius 1 is 1.21 bits per heavy atom. The molecule has 0 bridgehead atoms. The first kappa shape index (κ1) is 15.8. The van der Waals surface area contributed by atoms with Gasteiger partial charge in [-0.15, -0.1) is 0 Å². The molecular formula is C14H21F3N2. The molecule has 2 nitrogen and oxygen atoms in total. The number of nitrogens with zero attached hydrogens (tertiary/aromatic N) is 1. The predicted molar refractivity (Wildman–Crippen MR) is 72.2 cm³/mol. The normalized spacial score (nSPS) is 13.4. The number of anilines is 1. The van der Waals surface area contributed by atoms with Crippen molar-refractivity contribution in [1.29, 1.82) is 0 Å². The largest absolute Gasteiger partial charge is 0.405 e. The number of alkyl halides is 3. The molecule has 108 valence electrons. The van der Waals surface area contributed by atoms with Crippen LogP contribution in [0.2, 0.25) is 0 Å². The third kappa shape index (κ3) is 4.74. The Bertz CT molecular complexity index is 391. The second kappa shape index (κ2) is 6.80. The molecule has 1 rings (SSSR count). The van der Waals surface area contributed by atoms with E-state index in [0.29, 0.717) is 25.1 Å². The molecular weight excluding hydrogens is 253 g/mol. The summed E-state index contributed by atoms with van der Waals surface area (Å²) in [6.45, 7) is 3.22. The molecule has 0 aliphatic carbocycles. The summed E-state index contributed by atoms with van der Waals surface area (Å²) in [6.07, 6.45) is -2.85. The van der Waals surface area contributed by atoms with Gasteiger partial charge in [-0.25, -0.2) is 0 Å². The molecule has 1 aromatic carbocycles. The number of nitrogens with two attached hydrogens (primary N) is 1. The summed E-state index contributed by atoms with van der Waals surface area (Å²) in [5.74, 6) is 0. The number of benzene rings is 1. The Labute approximate surface area is 112 Å². The molecule has 0 aromatic heterocycles. The minimum absolute atomic E-state index is 0.233. The molecule has 0 heterocycles. The van der Waals surface area contributed by atoms with Crippen molar-refractivity contribution in [2.75, 3.05) is 18.0 Å². The van der Waals surface area contributed by atoms with Crippen molar-refractivity contribution in [3.63, 3.8) is 0 Å². The van der Waals surface area contributed by atoms with Crippen LogP contribution in [0.1, 0.15) is 38.3 Å². The number of rotatable bonds is 6. The number of hydrogen-bond donors (Lipinski definition) is 1. The molecule has 0 aliphatic heterocycles. The summed E-state index contributed by atoms with van der Waals surface area (Å²) >= 11 is 0. The highest BCUT2D eigenvalue weighted by Crippen LogP contribution is 2.29. The van der Waals surface area contributed by atoms with E-state index in [2.05, 4.69) is 0 Å². The van der Waals surface area contributed by atoms with Crippen LogP contribution in [0.15, 0.2) is 24.3 Å². The molecule has 0 saturated heterocycles. The second-order valence-corrected chi connectivity index (χ2v) is 4.61. The van der Waals surface area contributed by atoms with Crippen molar-refractivity contribution in [1.82, 2.24) is 0 Å². The van der Waals surface area contributed by atoms with Gasteiger partial charge in [-0.1, -0.05) is 32.0 Å². The van der Waals surface area contributed by atoms with Crippen LogP contribution in [0.25, 0.3) is 0 Å². The van der Waals surface area contributed by atoms with Crippen LogP contribution in [0.5, 0.6) is 0 Å². The van der Waals surface area contributed by atoms with Gasteiger partial charge in [0.25, 0.3) is 0 Å². The van der Waals surface area contributed by atoms with Gasteiger partial charge in [-0.3, -0.25) is 0 Å². The van der Waals surface area contributed by atoms with Crippen molar-refractivity contribution < 1.29 is 13.2 Å². The van der Waals surface area contributed by atoms with Gasteiger partial charge in [0.15, 0.2) is 0 Å². The molecule has 5 heteroatoms. The van der Waals surface area contributed by atoms with Crippen molar-refractivity contribution in [3.8, 4) is 0 Å². The Morgan fingerprint density at radius 2 is 1.84 bits per heavy atom. The lowest BCUT2D eigenvalue weighted by Gasteiger charge is -2.29. The Balaban J connectivity index is 3.08. The topological polar surface area (TPSA) is 29.3 Å². The first-order valence-electron chi connectivity index (χ1n) is 6.55. The van der Waals surface area contributed by atoms with Crippen molar-refractivity contribution in [3.05, 3.63) is 29.8 Å². The SMILES string of the molecule is CCCN(CC(F)(F)F)c1ccccc1[C@H](N)CC. The molecule has 0 aliphatic rings. The fourth-order valence-corrected chi connectivity index (χ4v) is 2.08. The predicted octanol–water partition coefficient (Wildman–Crippen LogP) is 3.88. The average Bonchev–Trinajstić information content (AvgIpc) is 2.36.